The van der Waals surface area contributed by atoms with E-state index in [1.165, 1.54) is 121 Å². The predicted octanol–water partition coefficient (Wildman–Crippen LogP) is 17.6. The lowest BCUT2D eigenvalue weighted by Crippen LogP contribution is -2.58. The molecule has 12 rings (SSSR count). The van der Waals surface area contributed by atoms with E-state index in [2.05, 4.69) is 230 Å². The van der Waals surface area contributed by atoms with Gasteiger partial charge in [-0.15, -0.1) is 0 Å². The van der Waals surface area contributed by atoms with Gasteiger partial charge in [0, 0.05) is 56.8 Å². The number of fused-ring (bicyclic) bond motifs is 10. The maximum atomic E-state index is 2.85. The van der Waals surface area contributed by atoms with Gasteiger partial charge in [0.15, 0.2) is 0 Å². The molecule has 4 aliphatic carbocycles. The van der Waals surface area contributed by atoms with Crippen LogP contribution in [0.3, 0.4) is 0 Å². The second-order valence-electron chi connectivity index (χ2n) is 29.4. The summed E-state index contributed by atoms with van der Waals surface area (Å²) in [5, 5.41) is 0. The first-order valence-corrected chi connectivity index (χ1v) is 28.9. The van der Waals surface area contributed by atoms with Crippen LogP contribution in [0.15, 0.2) is 96.6 Å². The van der Waals surface area contributed by atoms with Crippen LogP contribution in [0.4, 0.5) is 28.4 Å². The molecule has 3 nitrogen and oxygen atoms in total. The van der Waals surface area contributed by atoms with E-state index in [0.717, 1.165) is 19.3 Å². The van der Waals surface area contributed by atoms with Gasteiger partial charge in [0.25, 0.3) is 0 Å². The molecule has 0 saturated heterocycles. The summed E-state index contributed by atoms with van der Waals surface area (Å²) >= 11 is 0. The molecule has 0 amide bonds. The molecule has 3 atom stereocenters. The van der Waals surface area contributed by atoms with Crippen LogP contribution in [0.25, 0.3) is 16.9 Å². The van der Waals surface area contributed by atoms with Gasteiger partial charge in [-0.1, -0.05) is 177 Å². The number of allylic oxidation sites excluding steroid dienone is 1. The Morgan fingerprint density at radius 3 is 1.99 bits per heavy atom. The largest absolute Gasteiger partial charge is 0.337 e. The summed E-state index contributed by atoms with van der Waals surface area (Å²) < 4.78 is 2.85. The molecule has 5 aromatic carbocycles. The van der Waals surface area contributed by atoms with E-state index >= 15 is 0 Å². The number of hydrogen-bond acceptors (Lipinski definition) is 2. The molecule has 2 aliphatic heterocycles. The molecule has 6 aromatic rings. The lowest BCUT2D eigenvalue weighted by molar-refractivity contribution is 0.332. The van der Waals surface area contributed by atoms with Crippen molar-refractivity contribution in [2.45, 2.75) is 209 Å². The molecular weight excluding hydrogens is 894 g/mol. The molecule has 74 heavy (non-hydrogen) atoms. The van der Waals surface area contributed by atoms with E-state index in [9.17, 15) is 0 Å². The summed E-state index contributed by atoms with van der Waals surface area (Å²) in [5.41, 5.74) is 30.7. The highest BCUT2D eigenvalue weighted by atomic mass is 15.2. The quantitative estimate of drug-likeness (QED) is 0.129. The Kier molecular flexibility index (Phi) is 10.8. The van der Waals surface area contributed by atoms with Crippen molar-refractivity contribution in [3.05, 3.63) is 152 Å². The van der Waals surface area contributed by atoms with Crippen molar-refractivity contribution in [3.8, 4) is 16.9 Å². The topological polar surface area (TPSA) is 11.4 Å². The fourth-order valence-electron chi connectivity index (χ4n) is 15.5. The first-order chi connectivity index (χ1) is 34.6. The van der Waals surface area contributed by atoms with Gasteiger partial charge in [0.2, 0.25) is 6.71 Å². The Labute approximate surface area is 447 Å². The standard InChI is InChI=1S/C70H86BN3/c1-41-34-44(65(4,5)6)26-30-55(41)72(56-31-27-45(35-42(56)2)66(7,8)9)47-28-29-53-58(39-47)73(57-40-52-51(36-43(57)3)68(13,14)32-33-69(52,15)16)59-37-46(67(10,11)12)38-60-62(59)71(53)54-25-21-23-49-61-64(74(60)63(49)54)48-22-19-20-24-50(48)70(61,17)18/h19-20,22,24,26-30,34,36-40,42,54,56H,21,23,25,31-33,35H2,1-18H3. The first-order valence-electron chi connectivity index (χ1n) is 28.9. The van der Waals surface area contributed by atoms with E-state index < -0.39 is 0 Å². The zero-order valence-corrected chi connectivity index (χ0v) is 48.8. The van der Waals surface area contributed by atoms with Crippen molar-refractivity contribution >= 4 is 46.1 Å². The van der Waals surface area contributed by atoms with Crippen molar-refractivity contribution in [1.29, 1.82) is 0 Å². The molecule has 0 spiro atoms. The van der Waals surface area contributed by atoms with Gasteiger partial charge < -0.3 is 14.4 Å². The molecule has 4 heteroatoms. The monoisotopic (exact) mass is 980 g/mol. The number of aryl methyl sites for hydroxylation is 2. The lowest BCUT2D eigenvalue weighted by atomic mass is 9.29. The average Bonchev–Trinajstić information content (AvgIpc) is 3.88. The molecule has 3 unspecified atom stereocenters. The molecule has 0 saturated carbocycles. The van der Waals surface area contributed by atoms with Crippen LogP contribution in [0.2, 0.25) is 0 Å². The van der Waals surface area contributed by atoms with E-state index in [4.69, 9.17) is 0 Å². The maximum absolute atomic E-state index is 2.85. The highest BCUT2D eigenvalue weighted by Crippen LogP contribution is 2.59. The van der Waals surface area contributed by atoms with Crippen molar-refractivity contribution < 1.29 is 0 Å². The van der Waals surface area contributed by atoms with E-state index in [1.54, 1.807) is 22.4 Å². The number of aromatic nitrogens is 1. The second-order valence-corrected chi connectivity index (χ2v) is 29.4. The summed E-state index contributed by atoms with van der Waals surface area (Å²) in [7, 11) is 0. The van der Waals surface area contributed by atoms with Crippen molar-refractivity contribution in [2.75, 3.05) is 9.80 Å². The highest BCUT2D eigenvalue weighted by Gasteiger charge is 2.53. The predicted molar refractivity (Wildman–Crippen MR) is 319 cm³/mol. The molecule has 3 heterocycles. The lowest BCUT2D eigenvalue weighted by Gasteiger charge is -2.48. The summed E-state index contributed by atoms with van der Waals surface area (Å²) in [6.07, 6.45) is 10.7. The second kappa shape index (κ2) is 16.2. The fourth-order valence-corrected chi connectivity index (χ4v) is 15.5. The number of anilines is 5. The minimum atomic E-state index is -0.0831. The molecule has 384 valence electrons. The number of hydrogen-bond donors (Lipinski definition) is 0. The summed E-state index contributed by atoms with van der Waals surface area (Å²) in [6, 6.07) is 35.5. The Morgan fingerprint density at radius 2 is 1.32 bits per heavy atom. The third-order valence-electron chi connectivity index (χ3n) is 20.0. The van der Waals surface area contributed by atoms with Gasteiger partial charge in [-0.05, 0) is 189 Å². The van der Waals surface area contributed by atoms with Crippen molar-refractivity contribution in [3.63, 3.8) is 0 Å². The number of nitrogens with zero attached hydrogens (tertiary/aromatic N) is 3. The fraction of sp³-hybridized carbons (Fsp3) is 0.486. The molecule has 0 N–H and O–H groups in total. The van der Waals surface area contributed by atoms with E-state index in [-0.39, 0.29) is 39.2 Å². The third-order valence-corrected chi connectivity index (χ3v) is 20.0. The summed E-state index contributed by atoms with van der Waals surface area (Å²) in [4.78, 5) is 5.61. The molecule has 1 aromatic heterocycles. The Morgan fingerprint density at radius 1 is 0.649 bits per heavy atom. The van der Waals surface area contributed by atoms with Crippen molar-refractivity contribution in [2.24, 2.45) is 11.3 Å². The van der Waals surface area contributed by atoms with Crippen LogP contribution in [0.1, 0.15) is 211 Å². The van der Waals surface area contributed by atoms with Gasteiger partial charge in [-0.25, -0.2) is 0 Å². The van der Waals surface area contributed by atoms with Crippen LogP contribution < -0.4 is 20.7 Å². The Hall–Kier alpha value is -5.22. The van der Waals surface area contributed by atoms with Crippen molar-refractivity contribution in [1.82, 2.24) is 4.57 Å². The van der Waals surface area contributed by atoms with Gasteiger partial charge in [-0.2, -0.15) is 0 Å². The minimum absolute atomic E-state index is 0.0619. The number of rotatable bonds is 4. The van der Waals surface area contributed by atoms with Crippen LogP contribution in [-0.2, 0) is 33.5 Å². The van der Waals surface area contributed by atoms with E-state index in [1.807, 2.05) is 0 Å². The zero-order valence-electron chi connectivity index (χ0n) is 48.8. The molecule has 6 aliphatic rings. The van der Waals surface area contributed by atoms with Gasteiger partial charge in [0.1, 0.15) is 0 Å². The summed E-state index contributed by atoms with van der Waals surface area (Å²) in [5.74, 6) is 0.843. The third kappa shape index (κ3) is 7.24. The first kappa shape index (κ1) is 49.6. The number of benzene rings is 5. The van der Waals surface area contributed by atoms with Crippen LogP contribution >= 0.6 is 0 Å². The normalized spacial score (nSPS) is 21.8. The smallest absolute Gasteiger partial charge is 0.226 e. The van der Waals surface area contributed by atoms with Gasteiger partial charge in [0.05, 0.1) is 5.69 Å². The van der Waals surface area contributed by atoms with E-state index in [0.29, 0.717) is 17.8 Å². The zero-order chi connectivity index (χ0) is 52.7. The summed E-state index contributed by atoms with van der Waals surface area (Å²) in [6.45, 7) is 44.1. The molecule has 0 radical (unpaired) electrons. The van der Waals surface area contributed by atoms with Crippen LogP contribution in [-0.4, -0.2) is 17.3 Å². The van der Waals surface area contributed by atoms with Gasteiger partial charge >= 0.3 is 0 Å². The van der Waals surface area contributed by atoms with Gasteiger partial charge in [-0.3, -0.25) is 0 Å². The molecule has 0 fully saturated rings. The SMILES string of the molecule is Cc1cc2c(cc1N1c3cc(N(c4ccc(C(C)(C)C)cc4C)C4CC=C(C(C)(C)C)CC4C)ccc3B3c4c1cc(C(C)(C)C)cc4-n1c4c(c5c1C3CCC5)C(C)(C)c1ccccc1-4)C(C)(C)CCC2(C)C. The molecule has 0 bridgehead atoms. The minimum Gasteiger partial charge on any atom is -0.337 e. The Balaban J connectivity index is 1.17. The molecular formula is C70H86BN3. The highest BCUT2D eigenvalue weighted by molar-refractivity contribution is 6.90. The average molecular weight is 980 g/mol. The van der Waals surface area contributed by atoms with Crippen LogP contribution in [0, 0.1) is 25.2 Å². The Bertz CT molecular complexity index is 3360. The maximum Gasteiger partial charge on any atom is 0.226 e. The van der Waals surface area contributed by atoms with Crippen LogP contribution in [0.5, 0.6) is 0 Å².